The van der Waals surface area contributed by atoms with Crippen LogP contribution in [-0.4, -0.2) is 86.7 Å². The largest absolute Gasteiger partial charge is 0.314 e. The fourth-order valence-corrected chi connectivity index (χ4v) is 3.22. The molecule has 106 valence electrons. The van der Waals surface area contributed by atoms with E-state index in [-0.39, 0.29) is 0 Å². The van der Waals surface area contributed by atoms with Crippen LogP contribution in [0.25, 0.3) is 0 Å². The van der Waals surface area contributed by atoms with E-state index >= 15 is 0 Å². The van der Waals surface area contributed by atoms with E-state index in [1.54, 1.807) is 0 Å². The fraction of sp³-hybridized carbons (Fsp3) is 1.00. The van der Waals surface area contributed by atoms with E-state index in [2.05, 4.69) is 34.0 Å². The second kappa shape index (κ2) is 7.43. The first-order chi connectivity index (χ1) is 8.79. The Morgan fingerprint density at radius 1 is 1.22 bits per heavy atom. The van der Waals surface area contributed by atoms with Crippen LogP contribution >= 0.6 is 0 Å². The van der Waals surface area contributed by atoms with Gasteiger partial charge in [-0.25, -0.2) is 0 Å². The van der Waals surface area contributed by atoms with E-state index < -0.39 is 0 Å². The van der Waals surface area contributed by atoms with Crippen molar-refractivity contribution in [3.05, 3.63) is 0 Å². The van der Waals surface area contributed by atoms with Gasteiger partial charge in [-0.05, 0) is 33.0 Å². The Morgan fingerprint density at radius 2 is 2.00 bits per heavy atom. The van der Waals surface area contributed by atoms with Crippen LogP contribution in [0.2, 0.25) is 0 Å². The Balaban J connectivity index is 1.63. The molecule has 0 aromatic rings. The van der Waals surface area contributed by atoms with E-state index in [1.807, 2.05) is 0 Å². The lowest BCUT2D eigenvalue weighted by molar-refractivity contribution is 0.169. The van der Waals surface area contributed by atoms with Crippen molar-refractivity contribution < 1.29 is 0 Å². The summed E-state index contributed by atoms with van der Waals surface area (Å²) in [5.41, 5.74) is 0. The van der Waals surface area contributed by atoms with Gasteiger partial charge in [0.15, 0.2) is 0 Å². The molecule has 0 aliphatic carbocycles. The highest BCUT2D eigenvalue weighted by molar-refractivity contribution is 4.81. The van der Waals surface area contributed by atoms with E-state index in [0.29, 0.717) is 0 Å². The number of likely N-dealkylation sites (tertiary alicyclic amines) is 1. The predicted octanol–water partition coefficient (Wildman–Crippen LogP) is 0.308. The maximum atomic E-state index is 3.41. The molecule has 2 saturated heterocycles. The maximum Gasteiger partial charge on any atom is 0.0223 e. The zero-order chi connectivity index (χ0) is 12.8. The van der Waals surface area contributed by atoms with E-state index in [9.17, 15) is 0 Å². The Morgan fingerprint density at radius 3 is 2.72 bits per heavy atom. The molecule has 2 rings (SSSR count). The summed E-state index contributed by atoms with van der Waals surface area (Å²) in [6.45, 7) is 13.3. The minimum atomic E-state index is 0.808. The van der Waals surface area contributed by atoms with Gasteiger partial charge in [0.1, 0.15) is 0 Å². The molecule has 0 saturated carbocycles. The van der Waals surface area contributed by atoms with Crippen molar-refractivity contribution >= 4 is 0 Å². The second-order valence-electron chi connectivity index (χ2n) is 5.78. The van der Waals surface area contributed by atoms with Gasteiger partial charge in [0, 0.05) is 51.9 Å². The molecule has 0 radical (unpaired) electrons. The van der Waals surface area contributed by atoms with Crippen LogP contribution in [0, 0.1) is 0 Å². The summed E-state index contributed by atoms with van der Waals surface area (Å²) in [7, 11) is 2.29. The van der Waals surface area contributed by atoms with Gasteiger partial charge in [-0.2, -0.15) is 0 Å². The SMILES string of the molecule is CCN1CCCC1CN(C)CCN1CCNCC1. The van der Waals surface area contributed by atoms with E-state index in [1.165, 1.54) is 58.7 Å². The molecule has 1 unspecified atom stereocenters. The smallest absolute Gasteiger partial charge is 0.0223 e. The molecule has 1 atom stereocenters. The predicted molar refractivity (Wildman–Crippen MR) is 77.1 cm³/mol. The van der Waals surface area contributed by atoms with Crippen LogP contribution in [0.15, 0.2) is 0 Å². The van der Waals surface area contributed by atoms with Crippen LogP contribution in [-0.2, 0) is 0 Å². The Labute approximate surface area is 112 Å². The highest BCUT2D eigenvalue weighted by Gasteiger charge is 2.23. The van der Waals surface area contributed by atoms with Crippen LogP contribution < -0.4 is 5.32 Å². The van der Waals surface area contributed by atoms with Gasteiger partial charge in [-0.1, -0.05) is 6.92 Å². The monoisotopic (exact) mass is 254 g/mol. The van der Waals surface area contributed by atoms with Crippen molar-refractivity contribution in [3.8, 4) is 0 Å². The van der Waals surface area contributed by atoms with Crippen molar-refractivity contribution in [1.29, 1.82) is 0 Å². The first-order valence-electron chi connectivity index (χ1n) is 7.65. The van der Waals surface area contributed by atoms with Crippen LogP contribution in [0.3, 0.4) is 0 Å². The van der Waals surface area contributed by atoms with Crippen LogP contribution in [0.1, 0.15) is 19.8 Å². The van der Waals surface area contributed by atoms with Gasteiger partial charge in [0.25, 0.3) is 0 Å². The third-order valence-corrected chi connectivity index (χ3v) is 4.44. The average Bonchev–Trinajstić information content (AvgIpc) is 2.85. The summed E-state index contributed by atoms with van der Waals surface area (Å²) in [6.07, 6.45) is 2.79. The van der Waals surface area contributed by atoms with Crippen molar-refractivity contribution in [2.75, 3.05) is 66.0 Å². The molecule has 4 nitrogen and oxygen atoms in total. The van der Waals surface area contributed by atoms with Gasteiger partial charge in [0.05, 0.1) is 0 Å². The molecular weight excluding hydrogens is 224 g/mol. The molecule has 0 amide bonds. The molecule has 2 fully saturated rings. The molecule has 0 bridgehead atoms. The quantitative estimate of drug-likeness (QED) is 0.736. The first-order valence-corrected chi connectivity index (χ1v) is 7.65. The van der Waals surface area contributed by atoms with Gasteiger partial charge < -0.3 is 10.2 Å². The summed E-state index contributed by atoms with van der Waals surface area (Å²) < 4.78 is 0. The summed E-state index contributed by atoms with van der Waals surface area (Å²) in [6, 6.07) is 0.808. The van der Waals surface area contributed by atoms with Gasteiger partial charge in [-0.15, -0.1) is 0 Å². The summed E-state index contributed by atoms with van der Waals surface area (Å²) in [4.78, 5) is 7.75. The second-order valence-corrected chi connectivity index (χ2v) is 5.78. The molecular formula is C14H30N4. The summed E-state index contributed by atoms with van der Waals surface area (Å²) in [5, 5.41) is 3.41. The average molecular weight is 254 g/mol. The lowest BCUT2D eigenvalue weighted by Crippen LogP contribution is -2.47. The topological polar surface area (TPSA) is 21.8 Å². The van der Waals surface area contributed by atoms with Crippen molar-refractivity contribution in [2.45, 2.75) is 25.8 Å². The van der Waals surface area contributed by atoms with Crippen molar-refractivity contribution in [3.63, 3.8) is 0 Å². The highest BCUT2D eigenvalue weighted by Crippen LogP contribution is 2.17. The molecule has 0 aromatic carbocycles. The lowest BCUT2D eigenvalue weighted by Gasteiger charge is -2.31. The summed E-state index contributed by atoms with van der Waals surface area (Å²) >= 11 is 0. The molecule has 18 heavy (non-hydrogen) atoms. The number of piperazine rings is 1. The number of hydrogen-bond donors (Lipinski definition) is 1. The number of likely N-dealkylation sites (N-methyl/N-ethyl adjacent to an activating group) is 2. The standard InChI is InChI=1S/C14H30N4/c1-3-18-8-4-5-14(18)13-16(2)11-12-17-9-6-15-7-10-17/h14-15H,3-13H2,1-2H3. The lowest BCUT2D eigenvalue weighted by atomic mass is 10.2. The van der Waals surface area contributed by atoms with E-state index in [4.69, 9.17) is 0 Å². The van der Waals surface area contributed by atoms with Crippen molar-refractivity contribution in [1.82, 2.24) is 20.0 Å². The van der Waals surface area contributed by atoms with Gasteiger partial charge in [0.2, 0.25) is 0 Å². The molecule has 2 heterocycles. The third kappa shape index (κ3) is 4.19. The Kier molecular flexibility index (Phi) is 5.89. The number of rotatable bonds is 6. The highest BCUT2D eigenvalue weighted by atomic mass is 15.2. The molecule has 2 aliphatic heterocycles. The van der Waals surface area contributed by atoms with Gasteiger partial charge >= 0.3 is 0 Å². The molecule has 2 aliphatic rings. The molecule has 0 spiro atoms. The number of nitrogens with one attached hydrogen (secondary N) is 1. The van der Waals surface area contributed by atoms with E-state index in [0.717, 1.165) is 19.1 Å². The Bertz CT molecular complexity index is 228. The molecule has 0 aromatic heterocycles. The fourth-order valence-electron chi connectivity index (χ4n) is 3.22. The minimum Gasteiger partial charge on any atom is -0.314 e. The van der Waals surface area contributed by atoms with Crippen molar-refractivity contribution in [2.24, 2.45) is 0 Å². The zero-order valence-electron chi connectivity index (χ0n) is 12.2. The van der Waals surface area contributed by atoms with Crippen LogP contribution in [0.4, 0.5) is 0 Å². The maximum absolute atomic E-state index is 3.41. The number of nitrogens with zero attached hydrogens (tertiary/aromatic N) is 3. The molecule has 1 N–H and O–H groups in total. The van der Waals surface area contributed by atoms with Crippen LogP contribution in [0.5, 0.6) is 0 Å². The minimum absolute atomic E-state index is 0.808. The normalized spacial score (nSPS) is 27.2. The molecule has 4 heteroatoms. The summed E-state index contributed by atoms with van der Waals surface area (Å²) in [5.74, 6) is 0. The zero-order valence-corrected chi connectivity index (χ0v) is 12.2. The van der Waals surface area contributed by atoms with Gasteiger partial charge in [-0.3, -0.25) is 9.80 Å². The number of hydrogen-bond acceptors (Lipinski definition) is 4. The Hall–Kier alpha value is -0.160. The third-order valence-electron chi connectivity index (χ3n) is 4.44. The first kappa shape index (κ1) is 14.3.